The molecule has 4 nitrogen and oxygen atoms in total. The fourth-order valence-corrected chi connectivity index (χ4v) is 3.56. The van der Waals surface area contributed by atoms with Gasteiger partial charge < -0.3 is 10.3 Å². The molecule has 0 aromatic carbocycles. The van der Waals surface area contributed by atoms with Gasteiger partial charge in [0, 0.05) is 25.3 Å². The first-order chi connectivity index (χ1) is 9.67. The molecule has 0 saturated heterocycles. The van der Waals surface area contributed by atoms with Crippen LogP contribution < -0.4 is 5.73 Å². The van der Waals surface area contributed by atoms with E-state index >= 15 is 0 Å². The second-order valence-electron chi connectivity index (χ2n) is 6.35. The summed E-state index contributed by atoms with van der Waals surface area (Å²) >= 11 is 0. The van der Waals surface area contributed by atoms with E-state index in [2.05, 4.69) is 35.3 Å². The molecule has 2 rings (SSSR count). The molecule has 1 aromatic heterocycles. The summed E-state index contributed by atoms with van der Waals surface area (Å²) in [5.74, 6) is 0.843. The molecule has 3 atom stereocenters. The molecule has 2 N–H and O–H groups in total. The highest BCUT2D eigenvalue weighted by Gasteiger charge is 2.28. The summed E-state index contributed by atoms with van der Waals surface area (Å²) in [5, 5.41) is 0. The Morgan fingerprint density at radius 3 is 2.95 bits per heavy atom. The lowest BCUT2D eigenvalue weighted by Crippen LogP contribution is -2.41. The third kappa shape index (κ3) is 3.41. The number of hydrogen-bond acceptors (Lipinski definition) is 3. The molecule has 1 aromatic rings. The van der Waals surface area contributed by atoms with Gasteiger partial charge in [-0.05, 0) is 32.2 Å². The fourth-order valence-electron chi connectivity index (χ4n) is 3.56. The Labute approximate surface area is 123 Å². The number of nitrogens with two attached hydrogens (primary N) is 1. The van der Waals surface area contributed by atoms with Crippen LogP contribution in [-0.4, -0.2) is 34.1 Å². The molecule has 1 aliphatic carbocycles. The SMILES string of the molecule is CCCn1cncc1C(CN)N(C)C1CCCC(C)C1. The quantitative estimate of drug-likeness (QED) is 0.870. The Hall–Kier alpha value is -0.870. The third-order valence-electron chi connectivity index (χ3n) is 4.75. The zero-order valence-electron chi connectivity index (χ0n) is 13.3. The molecule has 1 saturated carbocycles. The lowest BCUT2D eigenvalue weighted by molar-refractivity contribution is 0.117. The number of aryl methyl sites for hydroxylation is 1. The Morgan fingerprint density at radius 2 is 2.30 bits per heavy atom. The predicted octanol–water partition coefficient (Wildman–Crippen LogP) is 2.80. The van der Waals surface area contributed by atoms with Crippen molar-refractivity contribution in [1.82, 2.24) is 14.5 Å². The number of imidazole rings is 1. The average molecular weight is 278 g/mol. The maximum atomic E-state index is 6.09. The summed E-state index contributed by atoms with van der Waals surface area (Å²) in [5.41, 5.74) is 7.36. The lowest BCUT2D eigenvalue weighted by atomic mass is 9.85. The first kappa shape index (κ1) is 15.5. The van der Waals surface area contributed by atoms with Crippen LogP contribution in [0.1, 0.15) is 57.7 Å². The molecular formula is C16H30N4. The molecule has 0 amide bonds. The van der Waals surface area contributed by atoms with Gasteiger partial charge in [-0.3, -0.25) is 4.90 Å². The first-order valence-corrected chi connectivity index (χ1v) is 8.09. The van der Waals surface area contributed by atoms with Gasteiger partial charge in [0.05, 0.1) is 18.1 Å². The van der Waals surface area contributed by atoms with Gasteiger partial charge in [0.2, 0.25) is 0 Å². The molecule has 4 heteroatoms. The molecule has 114 valence electrons. The largest absolute Gasteiger partial charge is 0.333 e. The molecule has 0 spiro atoms. The van der Waals surface area contributed by atoms with Crippen molar-refractivity contribution < 1.29 is 0 Å². The topological polar surface area (TPSA) is 47.1 Å². The second-order valence-corrected chi connectivity index (χ2v) is 6.35. The van der Waals surface area contributed by atoms with Gasteiger partial charge in [-0.1, -0.05) is 26.7 Å². The number of hydrogen-bond donors (Lipinski definition) is 1. The fraction of sp³-hybridized carbons (Fsp3) is 0.812. The molecule has 1 aliphatic rings. The van der Waals surface area contributed by atoms with Gasteiger partial charge in [-0.2, -0.15) is 0 Å². The minimum absolute atomic E-state index is 0.291. The van der Waals surface area contributed by atoms with Crippen molar-refractivity contribution >= 4 is 0 Å². The highest BCUT2D eigenvalue weighted by atomic mass is 15.2. The van der Waals surface area contributed by atoms with Crippen LogP contribution in [0, 0.1) is 5.92 Å². The molecule has 1 heterocycles. The van der Waals surface area contributed by atoms with Gasteiger partial charge in [0.1, 0.15) is 0 Å². The van der Waals surface area contributed by atoms with Crippen molar-refractivity contribution in [3.05, 3.63) is 18.2 Å². The van der Waals surface area contributed by atoms with Crippen LogP contribution in [0.5, 0.6) is 0 Å². The van der Waals surface area contributed by atoms with Crippen molar-refractivity contribution in [2.45, 2.75) is 64.6 Å². The van der Waals surface area contributed by atoms with Crippen molar-refractivity contribution in [3.63, 3.8) is 0 Å². The minimum Gasteiger partial charge on any atom is -0.333 e. The van der Waals surface area contributed by atoms with Crippen molar-refractivity contribution in [1.29, 1.82) is 0 Å². The zero-order valence-corrected chi connectivity index (χ0v) is 13.3. The van der Waals surface area contributed by atoms with Crippen molar-refractivity contribution in [2.75, 3.05) is 13.6 Å². The number of rotatable bonds is 6. The number of nitrogens with zero attached hydrogens (tertiary/aromatic N) is 3. The predicted molar refractivity (Wildman–Crippen MR) is 83.5 cm³/mol. The monoisotopic (exact) mass is 278 g/mol. The Bertz CT molecular complexity index is 401. The van der Waals surface area contributed by atoms with E-state index in [1.54, 1.807) is 0 Å². The molecular weight excluding hydrogens is 248 g/mol. The minimum atomic E-state index is 0.291. The summed E-state index contributed by atoms with van der Waals surface area (Å²) in [7, 11) is 2.24. The van der Waals surface area contributed by atoms with Crippen LogP contribution in [0.4, 0.5) is 0 Å². The summed E-state index contributed by atoms with van der Waals surface area (Å²) < 4.78 is 2.26. The lowest BCUT2D eigenvalue weighted by Gasteiger charge is -2.38. The van der Waals surface area contributed by atoms with E-state index in [4.69, 9.17) is 5.73 Å². The maximum Gasteiger partial charge on any atom is 0.0948 e. The van der Waals surface area contributed by atoms with Crippen LogP contribution in [0.25, 0.3) is 0 Å². The van der Waals surface area contributed by atoms with E-state index in [1.165, 1.54) is 31.4 Å². The standard InChI is InChI=1S/C16H30N4/c1-4-8-20-12-18-11-16(20)15(10-17)19(3)14-7-5-6-13(2)9-14/h11-15H,4-10,17H2,1-3H3. The highest BCUT2D eigenvalue weighted by molar-refractivity contribution is 5.07. The van der Waals surface area contributed by atoms with E-state index in [0.717, 1.165) is 18.9 Å². The van der Waals surface area contributed by atoms with Gasteiger partial charge >= 0.3 is 0 Å². The van der Waals surface area contributed by atoms with E-state index < -0.39 is 0 Å². The van der Waals surface area contributed by atoms with E-state index in [1.807, 2.05) is 12.5 Å². The summed E-state index contributed by atoms with van der Waals surface area (Å²) in [6.45, 7) is 6.27. The number of likely N-dealkylation sites (N-methyl/N-ethyl adjacent to an activating group) is 1. The Balaban J connectivity index is 2.11. The first-order valence-electron chi connectivity index (χ1n) is 8.09. The second kappa shape index (κ2) is 7.23. The van der Waals surface area contributed by atoms with Crippen molar-refractivity contribution in [2.24, 2.45) is 11.7 Å². The molecule has 0 bridgehead atoms. The van der Waals surface area contributed by atoms with Gasteiger partial charge in [0.15, 0.2) is 0 Å². The van der Waals surface area contributed by atoms with Crippen LogP contribution >= 0.6 is 0 Å². The molecule has 3 unspecified atom stereocenters. The normalized spacial score (nSPS) is 25.1. The van der Waals surface area contributed by atoms with Gasteiger partial charge in [0.25, 0.3) is 0 Å². The maximum absolute atomic E-state index is 6.09. The highest BCUT2D eigenvalue weighted by Crippen LogP contribution is 2.31. The van der Waals surface area contributed by atoms with E-state index in [-0.39, 0.29) is 0 Å². The third-order valence-corrected chi connectivity index (χ3v) is 4.75. The average Bonchev–Trinajstić information content (AvgIpc) is 2.88. The summed E-state index contributed by atoms with van der Waals surface area (Å²) in [6.07, 6.45) is 10.4. The Kier molecular flexibility index (Phi) is 5.61. The van der Waals surface area contributed by atoms with E-state index in [9.17, 15) is 0 Å². The van der Waals surface area contributed by atoms with Gasteiger partial charge in [-0.15, -0.1) is 0 Å². The van der Waals surface area contributed by atoms with Crippen LogP contribution in [0.15, 0.2) is 12.5 Å². The summed E-state index contributed by atoms with van der Waals surface area (Å²) in [6, 6.07) is 0.955. The van der Waals surface area contributed by atoms with Crippen LogP contribution in [0.3, 0.4) is 0 Å². The molecule has 0 radical (unpaired) electrons. The van der Waals surface area contributed by atoms with Gasteiger partial charge in [-0.25, -0.2) is 4.98 Å². The zero-order chi connectivity index (χ0) is 14.5. The molecule has 20 heavy (non-hydrogen) atoms. The molecule has 1 fully saturated rings. The van der Waals surface area contributed by atoms with E-state index in [0.29, 0.717) is 18.6 Å². The summed E-state index contributed by atoms with van der Waals surface area (Å²) in [4.78, 5) is 6.83. The van der Waals surface area contributed by atoms with Crippen molar-refractivity contribution in [3.8, 4) is 0 Å². The smallest absolute Gasteiger partial charge is 0.0948 e. The number of aromatic nitrogens is 2. The Morgan fingerprint density at radius 1 is 1.50 bits per heavy atom. The van der Waals surface area contributed by atoms with Crippen LogP contribution in [-0.2, 0) is 6.54 Å². The van der Waals surface area contributed by atoms with Crippen LogP contribution in [0.2, 0.25) is 0 Å². The molecule has 0 aliphatic heterocycles.